The van der Waals surface area contributed by atoms with Gasteiger partial charge < -0.3 is 14.5 Å². The van der Waals surface area contributed by atoms with Gasteiger partial charge in [-0.15, -0.1) is 0 Å². The topological polar surface area (TPSA) is 53.1 Å². The van der Waals surface area contributed by atoms with Crippen LogP contribution in [0.3, 0.4) is 0 Å². The van der Waals surface area contributed by atoms with E-state index in [1.54, 1.807) is 17.0 Å². The molecule has 1 aromatic rings. The van der Waals surface area contributed by atoms with Crippen LogP contribution in [0.1, 0.15) is 30.6 Å². The van der Waals surface area contributed by atoms with Crippen molar-refractivity contribution in [3.63, 3.8) is 0 Å². The van der Waals surface area contributed by atoms with Crippen LogP contribution < -0.4 is 4.74 Å². The maximum absolute atomic E-state index is 12.8. The Hall–Kier alpha value is -2.22. The van der Waals surface area contributed by atoms with E-state index < -0.39 is 6.61 Å². The SMILES string of the molecule is CC1CC(C)CN(C(=O)CN2CCN(C(=O)c3ccccc3OC(F)F)CC2)C1. The Morgan fingerprint density at radius 2 is 1.66 bits per heavy atom. The second-order valence-corrected chi connectivity index (χ2v) is 8.19. The molecule has 6 nitrogen and oxygen atoms in total. The van der Waals surface area contributed by atoms with Gasteiger partial charge in [-0.1, -0.05) is 26.0 Å². The van der Waals surface area contributed by atoms with E-state index >= 15 is 0 Å². The number of hydrogen-bond donors (Lipinski definition) is 0. The second-order valence-electron chi connectivity index (χ2n) is 8.19. The molecule has 0 aromatic heterocycles. The van der Waals surface area contributed by atoms with Crippen LogP contribution in [0.25, 0.3) is 0 Å². The summed E-state index contributed by atoms with van der Waals surface area (Å²) in [5, 5.41) is 0. The van der Waals surface area contributed by atoms with E-state index in [1.165, 1.54) is 12.1 Å². The number of likely N-dealkylation sites (tertiary alicyclic amines) is 1. The zero-order valence-corrected chi connectivity index (χ0v) is 17.0. The van der Waals surface area contributed by atoms with Gasteiger partial charge in [0.05, 0.1) is 12.1 Å². The summed E-state index contributed by atoms with van der Waals surface area (Å²) in [6, 6.07) is 6.05. The Labute approximate surface area is 170 Å². The first kappa shape index (κ1) is 21.5. The number of carbonyl (C=O) groups is 2. The quantitative estimate of drug-likeness (QED) is 0.750. The minimum atomic E-state index is -2.98. The molecule has 2 saturated heterocycles. The van der Waals surface area contributed by atoms with Crippen molar-refractivity contribution in [2.45, 2.75) is 26.9 Å². The van der Waals surface area contributed by atoms with Crippen LogP contribution in [0.4, 0.5) is 8.78 Å². The monoisotopic (exact) mass is 409 g/mol. The molecule has 2 fully saturated rings. The molecule has 2 heterocycles. The van der Waals surface area contributed by atoms with Crippen molar-refractivity contribution in [1.29, 1.82) is 0 Å². The lowest BCUT2D eigenvalue weighted by atomic mass is 9.92. The molecule has 0 radical (unpaired) electrons. The fourth-order valence-corrected chi connectivity index (χ4v) is 4.28. The van der Waals surface area contributed by atoms with E-state index in [4.69, 9.17) is 0 Å². The van der Waals surface area contributed by atoms with Crippen molar-refractivity contribution in [3.05, 3.63) is 29.8 Å². The summed E-state index contributed by atoms with van der Waals surface area (Å²) in [5.41, 5.74) is 0.133. The molecule has 0 aliphatic carbocycles. The van der Waals surface area contributed by atoms with Crippen LogP contribution in [0.5, 0.6) is 5.75 Å². The van der Waals surface area contributed by atoms with Crippen LogP contribution in [0.15, 0.2) is 24.3 Å². The van der Waals surface area contributed by atoms with Gasteiger partial charge in [-0.2, -0.15) is 8.78 Å². The first-order chi connectivity index (χ1) is 13.8. The second kappa shape index (κ2) is 9.52. The van der Waals surface area contributed by atoms with Crippen LogP contribution in [-0.2, 0) is 4.79 Å². The van der Waals surface area contributed by atoms with Gasteiger partial charge in [0.25, 0.3) is 5.91 Å². The number of piperidine rings is 1. The van der Waals surface area contributed by atoms with Crippen molar-refractivity contribution < 1.29 is 23.1 Å². The van der Waals surface area contributed by atoms with Crippen molar-refractivity contribution in [3.8, 4) is 5.75 Å². The van der Waals surface area contributed by atoms with Crippen LogP contribution in [-0.4, -0.2) is 78.9 Å². The Morgan fingerprint density at radius 3 is 2.28 bits per heavy atom. The Bertz CT molecular complexity index is 713. The highest BCUT2D eigenvalue weighted by Crippen LogP contribution is 2.23. The summed E-state index contributed by atoms with van der Waals surface area (Å²) >= 11 is 0. The Balaban J connectivity index is 1.53. The van der Waals surface area contributed by atoms with Crippen molar-refractivity contribution in [2.24, 2.45) is 11.8 Å². The molecule has 29 heavy (non-hydrogen) atoms. The average Bonchev–Trinajstić information content (AvgIpc) is 2.67. The number of alkyl halides is 2. The lowest BCUT2D eigenvalue weighted by Gasteiger charge is -2.38. The Morgan fingerprint density at radius 1 is 1.03 bits per heavy atom. The third kappa shape index (κ3) is 5.65. The van der Waals surface area contributed by atoms with Crippen LogP contribution in [0, 0.1) is 11.8 Å². The molecule has 0 bridgehead atoms. The normalized spacial score (nSPS) is 23.3. The molecular formula is C21H29F2N3O3. The van der Waals surface area contributed by atoms with E-state index in [1.807, 2.05) is 4.90 Å². The number of rotatable bonds is 5. The zero-order valence-electron chi connectivity index (χ0n) is 17.0. The van der Waals surface area contributed by atoms with Gasteiger partial charge in [-0.25, -0.2) is 0 Å². The number of piperazine rings is 1. The smallest absolute Gasteiger partial charge is 0.387 e. The number of carbonyl (C=O) groups excluding carboxylic acids is 2. The molecule has 2 aliphatic heterocycles. The van der Waals surface area contributed by atoms with Crippen molar-refractivity contribution >= 4 is 11.8 Å². The number of halogens is 2. The molecule has 0 saturated carbocycles. The van der Waals surface area contributed by atoms with Gasteiger partial charge in [0.2, 0.25) is 5.91 Å². The summed E-state index contributed by atoms with van der Waals surface area (Å²) in [5.74, 6) is 0.739. The highest BCUT2D eigenvalue weighted by molar-refractivity contribution is 5.97. The summed E-state index contributed by atoms with van der Waals surface area (Å²) in [6.07, 6.45) is 1.15. The maximum Gasteiger partial charge on any atom is 0.387 e. The highest BCUT2D eigenvalue weighted by atomic mass is 19.3. The number of nitrogens with zero attached hydrogens (tertiary/aromatic N) is 3. The van der Waals surface area contributed by atoms with E-state index in [0.29, 0.717) is 44.6 Å². The molecule has 0 spiro atoms. The lowest BCUT2D eigenvalue weighted by molar-refractivity contribution is -0.135. The molecule has 2 atom stereocenters. The molecule has 8 heteroatoms. The first-order valence-electron chi connectivity index (χ1n) is 10.2. The molecule has 160 valence electrons. The van der Waals surface area contributed by atoms with Crippen LogP contribution >= 0.6 is 0 Å². The summed E-state index contributed by atoms with van der Waals surface area (Å²) < 4.78 is 29.7. The lowest BCUT2D eigenvalue weighted by Crippen LogP contribution is -2.53. The van der Waals surface area contributed by atoms with E-state index in [9.17, 15) is 18.4 Å². The summed E-state index contributed by atoms with van der Waals surface area (Å²) in [6.45, 7) is 5.39. The zero-order chi connectivity index (χ0) is 21.0. The summed E-state index contributed by atoms with van der Waals surface area (Å²) in [4.78, 5) is 31.0. The van der Waals surface area contributed by atoms with Gasteiger partial charge in [0.15, 0.2) is 0 Å². The average molecular weight is 409 g/mol. The van der Waals surface area contributed by atoms with Gasteiger partial charge >= 0.3 is 6.61 Å². The molecule has 1 aromatic carbocycles. The number of amides is 2. The molecule has 2 amide bonds. The van der Waals surface area contributed by atoms with E-state index in [2.05, 4.69) is 23.5 Å². The fourth-order valence-electron chi connectivity index (χ4n) is 4.28. The minimum Gasteiger partial charge on any atom is -0.434 e. The van der Waals surface area contributed by atoms with Gasteiger partial charge in [-0.05, 0) is 30.4 Å². The number of para-hydroxylation sites is 1. The number of ether oxygens (including phenoxy) is 1. The standard InChI is InChI=1S/C21H29F2N3O3/c1-15-11-16(2)13-26(12-15)19(27)14-24-7-9-25(10-8-24)20(28)17-5-3-4-6-18(17)29-21(22)23/h3-6,15-16,21H,7-14H2,1-2H3. The maximum atomic E-state index is 12.8. The van der Waals surface area contributed by atoms with Crippen LogP contribution in [0.2, 0.25) is 0 Å². The third-order valence-corrected chi connectivity index (χ3v) is 5.57. The summed E-state index contributed by atoms with van der Waals surface area (Å²) in [7, 11) is 0. The number of hydrogen-bond acceptors (Lipinski definition) is 4. The van der Waals surface area contributed by atoms with Crippen molar-refractivity contribution in [2.75, 3.05) is 45.8 Å². The minimum absolute atomic E-state index is 0.113. The predicted molar refractivity (Wildman–Crippen MR) is 105 cm³/mol. The van der Waals surface area contributed by atoms with Gasteiger partial charge in [0, 0.05) is 39.3 Å². The number of benzene rings is 1. The molecule has 0 N–H and O–H groups in total. The first-order valence-corrected chi connectivity index (χ1v) is 10.2. The molecule has 2 unspecified atom stereocenters. The largest absolute Gasteiger partial charge is 0.434 e. The Kier molecular flexibility index (Phi) is 7.05. The van der Waals surface area contributed by atoms with E-state index in [0.717, 1.165) is 19.5 Å². The molecular weight excluding hydrogens is 380 g/mol. The van der Waals surface area contributed by atoms with E-state index in [-0.39, 0.29) is 23.1 Å². The third-order valence-electron chi connectivity index (χ3n) is 5.57. The molecule has 2 aliphatic rings. The molecule has 3 rings (SSSR count). The van der Waals surface area contributed by atoms with Gasteiger partial charge in [0.1, 0.15) is 5.75 Å². The highest BCUT2D eigenvalue weighted by Gasteiger charge is 2.29. The van der Waals surface area contributed by atoms with Gasteiger partial charge in [-0.3, -0.25) is 14.5 Å². The van der Waals surface area contributed by atoms with Crippen molar-refractivity contribution in [1.82, 2.24) is 14.7 Å². The fraction of sp³-hybridized carbons (Fsp3) is 0.619. The predicted octanol–water partition coefficient (Wildman–Crippen LogP) is 2.55.